The molecule has 2 aromatic rings. The number of aryl methyl sites for hydroxylation is 2. The van der Waals surface area contributed by atoms with Crippen molar-refractivity contribution in [3.8, 4) is 5.75 Å². The Kier molecular flexibility index (Phi) is 5.03. The lowest BCUT2D eigenvalue weighted by atomic mass is 10.3. The second-order valence-electron chi connectivity index (χ2n) is 5.33. The molecule has 0 aliphatic rings. The van der Waals surface area contributed by atoms with Gasteiger partial charge in [0.05, 0.1) is 25.0 Å². The van der Waals surface area contributed by atoms with Gasteiger partial charge >= 0.3 is 5.97 Å². The molecule has 2 rings (SSSR count). The Morgan fingerprint density at radius 1 is 1.45 bits per heavy atom. The Morgan fingerprint density at radius 3 is 2.82 bits per heavy atom. The highest BCUT2D eigenvalue weighted by atomic mass is 16.5. The molecule has 0 fully saturated rings. The maximum atomic E-state index is 12.1. The van der Waals surface area contributed by atoms with Crippen LogP contribution in [0.5, 0.6) is 5.75 Å². The van der Waals surface area contributed by atoms with Gasteiger partial charge in [-0.2, -0.15) is 0 Å². The number of aliphatic hydroxyl groups is 1. The summed E-state index contributed by atoms with van der Waals surface area (Å²) in [5.41, 5.74) is 2.55. The van der Waals surface area contributed by atoms with Gasteiger partial charge in [0.15, 0.2) is 17.1 Å². The van der Waals surface area contributed by atoms with E-state index < -0.39 is 12.1 Å². The lowest BCUT2D eigenvalue weighted by molar-refractivity contribution is 0.0517. The number of hydrogen-bond acceptors (Lipinski definition) is 5. The van der Waals surface area contributed by atoms with Gasteiger partial charge in [0.2, 0.25) is 0 Å². The third-order valence-electron chi connectivity index (χ3n) is 3.26. The highest BCUT2D eigenvalue weighted by molar-refractivity contribution is 5.90. The van der Waals surface area contributed by atoms with Crippen molar-refractivity contribution in [1.29, 1.82) is 0 Å². The first-order valence-electron chi connectivity index (χ1n) is 7.41. The van der Waals surface area contributed by atoms with E-state index in [1.165, 1.54) is 0 Å². The monoisotopic (exact) mass is 306 g/mol. The molecule has 1 atom stereocenters. The highest BCUT2D eigenvalue weighted by Gasteiger charge is 2.20. The van der Waals surface area contributed by atoms with E-state index >= 15 is 0 Å². The average Bonchev–Trinajstić information content (AvgIpc) is 2.74. The molecule has 120 valence electrons. The van der Waals surface area contributed by atoms with E-state index in [1.807, 2.05) is 19.2 Å². The summed E-state index contributed by atoms with van der Waals surface area (Å²) >= 11 is 0. The topological polar surface area (TPSA) is 73.1 Å². The van der Waals surface area contributed by atoms with E-state index in [9.17, 15) is 9.90 Å². The molecule has 0 bridgehead atoms. The summed E-state index contributed by atoms with van der Waals surface area (Å²) in [6.07, 6.45) is 1.95. The van der Waals surface area contributed by atoms with Crippen LogP contribution in [-0.2, 0) is 4.74 Å². The van der Waals surface area contributed by atoms with E-state index in [1.54, 1.807) is 25.2 Å². The number of aliphatic hydroxyl groups excluding tert-OH is 1. The van der Waals surface area contributed by atoms with Crippen molar-refractivity contribution < 1.29 is 19.4 Å². The van der Waals surface area contributed by atoms with E-state index in [0.29, 0.717) is 42.4 Å². The fourth-order valence-corrected chi connectivity index (χ4v) is 2.25. The zero-order chi connectivity index (χ0) is 16.3. The molecule has 6 heteroatoms. The van der Waals surface area contributed by atoms with Gasteiger partial charge in [-0.3, -0.25) is 4.40 Å². The van der Waals surface area contributed by atoms with Crippen molar-refractivity contribution in [3.63, 3.8) is 0 Å². The predicted octanol–water partition coefficient (Wildman–Crippen LogP) is 2.28. The van der Waals surface area contributed by atoms with Crippen LogP contribution in [0.25, 0.3) is 5.65 Å². The summed E-state index contributed by atoms with van der Waals surface area (Å²) < 4.78 is 12.5. The average molecular weight is 306 g/mol. The maximum Gasteiger partial charge on any atom is 0.357 e. The Bertz CT molecular complexity index is 676. The fraction of sp³-hybridized carbons (Fsp3) is 0.500. The predicted molar refractivity (Wildman–Crippen MR) is 82.4 cm³/mol. The SMILES string of the molecule is CCOC(=O)c1c(C)nc2c(OCCC(C)O)cc(C)cn12. The van der Waals surface area contributed by atoms with Crippen molar-refractivity contribution in [2.75, 3.05) is 13.2 Å². The van der Waals surface area contributed by atoms with Gasteiger partial charge in [0.25, 0.3) is 0 Å². The van der Waals surface area contributed by atoms with Crippen LogP contribution in [0, 0.1) is 13.8 Å². The molecular formula is C16H22N2O4. The second kappa shape index (κ2) is 6.79. The Morgan fingerprint density at radius 2 is 2.18 bits per heavy atom. The van der Waals surface area contributed by atoms with Gasteiger partial charge in [-0.25, -0.2) is 9.78 Å². The van der Waals surface area contributed by atoms with Gasteiger partial charge in [-0.1, -0.05) is 0 Å². The molecule has 2 aromatic heterocycles. The van der Waals surface area contributed by atoms with Crippen molar-refractivity contribution >= 4 is 11.6 Å². The van der Waals surface area contributed by atoms with Gasteiger partial charge in [-0.15, -0.1) is 0 Å². The Balaban J connectivity index is 2.42. The van der Waals surface area contributed by atoms with E-state index in [2.05, 4.69) is 4.98 Å². The number of esters is 1. The number of nitrogens with zero attached hydrogens (tertiary/aromatic N) is 2. The van der Waals surface area contributed by atoms with Gasteiger partial charge in [0, 0.05) is 12.6 Å². The van der Waals surface area contributed by atoms with Crippen molar-refractivity contribution in [2.45, 2.75) is 40.2 Å². The minimum absolute atomic E-state index is 0.315. The summed E-state index contributed by atoms with van der Waals surface area (Å²) in [6, 6.07) is 1.87. The Labute approximate surface area is 129 Å². The van der Waals surface area contributed by atoms with Gasteiger partial charge in [0.1, 0.15) is 0 Å². The first kappa shape index (κ1) is 16.3. The van der Waals surface area contributed by atoms with E-state index in [4.69, 9.17) is 9.47 Å². The number of aromatic nitrogens is 2. The van der Waals surface area contributed by atoms with Crippen molar-refractivity contribution in [2.24, 2.45) is 0 Å². The molecule has 0 aromatic carbocycles. The van der Waals surface area contributed by atoms with Crippen LogP contribution in [-0.4, -0.2) is 39.8 Å². The van der Waals surface area contributed by atoms with Crippen molar-refractivity contribution in [3.05, 3.63) is 29.2 Å². The molecule has 0 aliphatic carbocycles. The zero-order valence-electron chi connectivity index (χ0n) is 13.4. The van der Waals surface area contributed by atoms with Gasteiger partial charge in [-0.05, 0) is 39.3 Å². The summed E-state index contributed by atoms with van der Waals surface area (Å²) in [6.45, 7) is 7.88. The molecule has 1 unspecified atom stereocenters. The first-order valence-corrected chi connectivity index (χ1v) is 7.41. The number of fused-ring (bicyclic) bond motifs is 1. The smallest absolute Gasteiger partial charge is 0.357 e. The summed E-state index contributed by atoms with van der Waals surface area (Å²) in [5, 5.41) is 9.32. The standard InChI is InChI=1S/C16H22N2O4/c1-5-21-16(20)14-12(4)17-15-13(22-7-6-11(3)19)8-10(2)9-18(14)15/h8-9,11,19H,5-7H2,1-4H3. The van der Waals surface area contributed by atoms with Crippen LogP contribution < -0.4 is 4.74 Å². The quantitative estimate of drug-likeness (QED) is 0.829. The molecule has 0 amide bonds. The Hall–Kier alpha value is -2.08. The van der Waals surface area contributed by atoms with Crippen LogP contribution in [0.15, 0.2) is 12.3 Å². The maximum absolute atomic E-state index is 12.1. The number of ether oxygens (including phenoxy) is 2. The number of carbonyl (C=O) groups excluding carboxylic acids is 1. The summed E-state index contributed by atoms with van der Waals surface area (Å²) in [5.74, 6) is 0.201. The molecular weight excluding hydrogens is 284 g/mol. The number of rotatable bonds is 6. The summed E-state index contributed by atoms with van der Waals surface area (Å²) in [7, 11) is 0. The minimum atomic E-state index is -0.419. The zero-order valence-corrected chi connectivity index (χ0v) is 13.4. The second-order valence-corrected chi connectivity index (χ2v) is 5.33. The lowest BCUT2D eigenvalue weighted by Gasteiger charge is -2.10. The van der Waals surface area contributed by atoms with Crippen LogP contribution in [0.1, 0.15) is 42.0 Å². The minimum Gasteiger partial charge on any atom is -0.490 e. The normalized spacial score (nSPS) is 12.4. The van der Waals surface area contributed by atoms with Crippen LogP contribution in [0.4, 0.5) is 0 Å². The number of hydrogen-bond donors (Lipinski definition) is 1. The number of carbonyl (C=O) groups is 1. The van der Waals surface area contributed by atoms with Crippen LogP contribution >= 0.6 is 0 Å². The number of pyridine rings is 1. The first-order chi connectivity index (χ1) is 10.4. The van der Waals surface area contributed by atoms with Gasteiger partial charge < -0.3 is 14.6 Å². The molecule has 22 heavy (non-hydrogen) atoms. The van der Waals surface area contributed by atoms with Crippen LogP contribution in [0.3, 0.4) is 0 Å². The molecule has 2 heterocycles. The van der Waals surface area contributed by atoms with Crippen molar-refractivity contribution in [1.82, 2.24) is 9.38 Å². The molecule has 0 radical (unpaired) electrons. The third kappa shape index (κ3) is 3.39. The van der Waals surface area contributed by atoms with E-state index in [-0.39, 0.29) is 0 Å². The molecule has 6 nitrogen and oxygen atoms in total. The molecule has 0 saturated heterocycles. The molecule has 1 N–H and O–H groups in total. The third-order valence-corrected chi connectivity index (χ3v) is 3.26. The van der Waals surface area contributed by atoms with E-state index in [0.717, 1.165) is 5.56 Å². The molecule has 0 aliphatic heterocycles. The molecule has 0 spiro atoms. The lowest BCUT2D eigenvalue weighted by Crippen LogP contribution is -2.11. The molecule has 0 saturated carbocycles. The summed E-state index contributed by atoms with van der Waals surface area (Å²) in [4.78, 5) is 16.5. The van der Waals surface area contributed by atoms with Crippen LogP contribution in [0.2, 0.25) is 0 Å². The number of imidazole rings is 1. The largest absolute Gasteiger partial charge is 0.490 e. The fourth-order valence-electron chi connectivity index (χ4n) is 2.25. The highest BCUT2D eigenvalue weighted by Crippen LogP contribution is 2.24.